The highest BCUT2D eigenvalue weighted by Crippen LogP contribution is 2.37. The number of rotatable bonds is 11. The molecule has 3 aromatic heterocycles. The fraction of sp³-hybridized carbons (Fsp3) is 0.375. The number of aromatic nitrogens is 7. The molecule has 0 aliphatic carbocycles. The standard InChI is InChI=1S/C24H28ClN7O5S/c1-6-37-22(23-26-12-16(25)13-27-23)15(2)38(33,34)14-20-28-29-24(17-10-11-31(3)30-17)32(20)21-18(35-4)8-7-9-19(21)36-5/h7-13,15,22H,6,14H2,1-5H3/t15-,22+/m0/s1. The van der Waals surface area contributed by atoms with Gasteiger partial charge in [0.2, 0.25) is 0 Å². The number of nitrogens with zero attached hydrogens (tertiary/aromatic N) is 7. The summed E-state index contributed by atoms with van der Waals surface area (Å²) in [6.45, 7) is 3.58. The fourth-order valence-corrected chi connectivity index (χ4v) is 5.45. The Balaban J connectivity index is 1.82. The molecule has 3 heterocycles. The Morgan fingerprint density at radius 3 is 2.26 bits per heavy atom. The second-order valence-corrected chi connectivity index (χ2v) is 11.1. The molecule has 4 rings (SSSR count). The van der Waals surface area contributed by atoms with Crippen LogP contribution in [0.3, 0.4) is 0 Å². The number of hydrogen-bond donors (Lipinski definition) is 0. The number of halogens is 1. The van der Waals surface area contributed by atoms with Crippen LogP contribution >= 0.6 is 11.6 Å². The van der Waals surface area contributed by atoms with Crippen molar-refractivity contribution in [3.8, 4) is 28.7 Å². The molecule has 0 N–H and O–H groups in total. The van der Waals surface area contributed by atoms with Gasteiger partial charge in [-0.3, -0.25) is 9.25 Å². The molecule has 38 heavy (non-hydrogen) atoms. The van der Waals surface area contributed by atoms with E-state index in [0.29, 0.717) is 33.7 Å². The first kappa shape index (κ1) is 27.5. The zero-order chi connectivity index (χ0) is 27.4. The maximum absolute atomic E-state index is 13.8. The third-order valence-electron chi connectivity index (χ3n) is 5.86. The van der Waals surface area contributed by atoms with Crippen molar-refractivity contribution >= 4 is 21.4 Å². The second kappa shape index (κ2) is 11.5. The molecule has 14 heteroatoms. The van der Waals surface area contributed by atoms with Crippen LogP contribution in [0.5, 0.6) is 11.5 Å². The second-order valence-electron chi connectivity index (χ2n) is 8.31. The van der Waals surface area contributed by atoms with E-state index in [1.807, 2.05) is 0 Å². The van der Waals surface area contributed by atoms with E-state index in [2.05, 4.69) is 25.3 Å². The highest BCUT2D eigenvalue weighted by Gasteiger charge is 2.36. The summed E-state index contributed by atoms with van der Waals surface area (Å²) in [5, 5.41) is 12.3. The molecule has 0 spiro atoms. The van der Waals surface area contributed by atoms with Crippen LogP contribution in [0.4, 0.5) is 0 Å². The number of aryl methyl sites for hydroxylation is 1. The Labute approximate surface area is 225 Å². The average molecular weight is 562 g/mol. The van der Waals surface area contributed by atoms with Crippen molar-refractivity contribution in [3.63, 3.8) is 0 Å². The van der Waals surface area contributed by atoms with E-state index in [1.54, 1.807) is 60.6 Å². The van der Waals surface area contributed by atoms with Gasteiger partial charge in [0.1, 0.15) is 34.7 Å². The Kier molecular flexibility index (Phi) is 8.29. The minimum Gasteiger partial charge on any atom is -0.494 e. The molecule has 0 aliphatic heterocycles. The molecule has 0 radical (unpaired) electrons. The minimum absolute atomic E-state index is 0.146. The fourth-order valence-electron chi connectivity index (χ4n) is 3.97. The Morgan fingerprint density at radius 2 is 1.71 bits per heavy atom. The first-order valence-electron chi connectivity index (χ1n) is 11.7. The van der Waals surface area contributed by atoms with Gasteiger partial charge in [-0.15, -0.1) is 10.2 Å². The van der Waals surface area contributed by atoms with Gasteiger partial charge in [-0.25, -0.2) is 18.4 Å². The lowest BCUT2D eigenvalue weighted by atomic mass is 10.2. The number of benzene rings is 1. The first-order valence-corrected chi connectivity index (χ1v) is 13.8. The molecule has 0 aliphatic rings. The zero-order valence-corrected chi connectivity index (χ0v) is 23.1. The summed E-state index contributed by atoms with van der Waals surface area (Å²) in [5.74, 6) is 1.10. The summed E-state index contributed by atoms with van der Waals surface area (Å²) in [4.78, 5) is 8.37. The quantitative estimate of drug-likeness (QED) is 0.268. The van der Waals surface area contributed by atoms with Crippen molar-refractivity contribution in [3.05, 3.63) is 59.5 Å². The predicted octanol–water partition coefficient (Wildman–Crippen LogP) is 3.21. The maximum Gasteiger partial charge on any atom is 0.189 e. The lowest BCUT2D eigenvalue weighted by molar-refractivity contribution is 0.0556. The Hall–Kier alpha value is -3.55. The van der Waals surface area contributed by atoms with E-state index in [0.717, 1.165) is 0 Å². The van der Waals surface area contributed by atoms with Crippen LogP contribution in [0.1, 0.15) is 31.6 Å². The van der Waals surface area contributed by atoms with Crippen molar-refractivity contribution in [2.24, 2.45) is 7.05 Å². The van der Waals surface area contributed by atoms with Crippen LogP contribution in [0.25, 0.3) is 17.2 Å². The molecule has 202 valence electrons. The van der Waals surface area contributed by atoms with Gasteiger partial charge in [0.25, 0.3) is 0 Å². The number of ether oxygens (including phenoxy) is 3. The van der Waals surface area contributed by atoms with Crippen molar-refractivity contribution in [1.29, 1.82) is 0 Å². The number of para-hydroxylation sites is 1. The largest absolute Gasteiger partial charge is 0.494 e. The summed E-state index contributed by atoms with van der Waals surface area (Å²) in [5.41, 5.74) is 0.940. The maximum atomic E-state index is 13.8. The van der Waals surface area contributed by atoms with Crippen molar-refractivity contribution in [2.75, 3.05) is 20.8 Å². The summed E-state index contributed by atoms with van der Waals surface area (Å²) in [7, 11) is 0.905. The average Bonchev–Trinajstić information content (AvgIpc) is 3.52. The van der Waals surface area contributed by atoms with E-state index in [1.165, 1.54) is 26.6 Å². The van der Waals surface area contributed by atoms with E-state index >= 15 is 0 Å². The molecule has 0 saturated carbocycles. The van der Waals surface area contributed by atoms with Crippen molar-refractivity contribution < 1.29 is 22.6 Å². The van der Waals surface area contributed by atoms with Gasteiger partial charge in [0.05, 0.1) is 24.5 Å². The Bertz CT molecular complexity index is 1480. The molecule has 2 atom stereocenters. The molecule has 0 saturated heterocycles. The number of sulfone groups is 1. The lowest BCUT2D eigenvalue weighted by Gasteiger charge is -2.23. The third kappa shape index (κ3) is 5.49. The SMILES string of the molecule is CCO[C@@H](c1ncc(Cl)cn1)[C@H](C)S(=O)(=O)Cc1nnc(-c2ccn(C)n2)n1-c1c(OC)cccc1OC. The topological polar surface area (TPSA) is 136 Å². The van der Waals surface area contributed by atoms with Gasteiger partial charge in [-0.05, 0) is 32.0 Å². The van der Waals surface area contributed by atoms with Gasteiger partial charge in [-0.1, -0.05) is 17.7 Å². The summed E-state index contributed by atoms with van der Waals surface area (Å²) < 4.78 is 47.7. The van der Waals surface area contributed by atoms with Gasteiger partial charge in [-0.2, -0.15) is 5.10 Å². The number of methoxy groups -OCH3 is 2. The van der Waals surface area contributed by atoms with Gasteiger partial charge >= 0.3 is 0 Å². The molecule has 0 unspecified atom stereocenters. The normalized spacial score (nSPS) is 13.3. The minimum atomic E-state index is -3.89. The van der Waals surface area contributed by atoms with E-state index in [4.69, 9.17) is 25.8 Å². The van der Waals surface area contributed by atoms with Gasteiger partial charge < -0.3 is 14.2 Å². The van der Waals surface area contributed by atoms with Crippen LogP contribution in [0, 0.1) is 0 Å². The molecule has 0 amide bonds. The van der Waals surface area contributed by atoms with Crippen LogP contribution in [-0.4, -0.2) is 69.0 Å². The predicted molar refractivity (Wildman–Crippen MR) is 140 cm³/mol. The first-order chi connectivity index (χ1) is 18.2. The van der Waals surface area contributed by atoms with Crippen molar-refractivity contribution in [1.82, 2.24) is 34.5 Å². The summed E-state index contributed by atoms with van der Waals surface area (Å²) in [6, 6.07) is 7.00. The monoisotopic (exact) mass is 561 g/mol. The molecular formula is C24H28ClN7O5S. The van der Waals surface area contributed by atoms with Crippen molar-refractivity contribution in [2.45, 2.75) is 31.0 Å². The van der Waals surface area contributed by atoms with Crippen LogP contribution in [0.15, 0.2) is 42.9 Å². The summed E-state index contributed by atoms with van der Waals surface area (Å²) in [6.07, 6.45) is 3.64. The lowest BCUT2D eigenvalue weighted by Crippen LogP contribution is -2.30. The van der Waals surface area contributed by atoms with E-state index in [9.17, 15) is 8.42 Å². The van der Waals surface area contributed by atoms with Gasteiger partial charge in [0.15, 0.2) is 27.3 Å². The highest BCUT2D eigenvalue weighted by atomic mass is 35.5. The molecule has 4 aromatic rings. The molecule has 0 fully saturated rings. The molecule has 1 aromatic carbocycles. The van der Waals surface area contributed by atoms with Crippen LogP contribution in [0.2, 0.25) is 5.02 Å². The van der Waals surface area contributed by atoms with Crippen LogP contribution < -0.4 is 9.47 Å². The highest BCUT2D eigenvalue weighted by molar-refractivity contribution is 7.91. The number of hydrogen-bond acceptors (Lipinski definition) is 10. The molecular weight excluding hydrogens is 534 g/mol. The zero-order valence-electron chi connectivity index (χ0n) is 21.6. The van der Waals surface area contributed by atoms with E-state index < -0.39 is 26.9 Å². The van der Waals surface area contributed by atoms with E-state index in [-0.39, 0.29) is 18.3 Å². The smallest absolute Gasteiger partial charge is 0.189 e. The Morgan fingerprint density at radius 1 is 1.05 bits per heavy atom. The van der Waals surface area contributed by atoms with Gasteiger partial charge in [0, 0.05) is 32.2 Å². The molecule has 12 nitrogen and oxygen atoms in total. The third-order valence-corrected chi connectivity index (χ3v) is 8.10. The van der Waals surface area contributed by atoms with Crippen LogP contribution in [-0.2, 0) is 27.4 Å². The molecule has 0 bridgehead atoms. The summed E-state index contributed by atoms with van der Waals surface area (Å²) >= 11 is 5.92.